The van der Waals surface area contributed by atoms with Crippen LogP contribution < -0.4 is 12.4 Å². The van der Waals surface area contributed by atoms with Gasteiger partial charge in [0.05, 0.1) is 26.2 Å². The number of halogens is 2. The van der Waals surface area contributed by atoms with Gasteiger partial charge < -0.3 is 16.9 Å². The maximum absolute atomic E-state index is 5.57. The number of hydrogen-bond acceptors (Lipinski definition) is 0. The summed E-state index contributed by atoms with van der Waals surface area (Å²) in [4.78, 5) is 0. The maximum atomic E-state index is 5.57. The lowest BCUT2D eigenvalue weighted by molar-refractivity contribution is -0.917. The van der Waals surface area contributed by atoms with Gasteiger partial charge in [-0.15, -0.1) is 11.6 Å². The number of quaternary nitrogens is 1. The van der Waals surface area contributed by atoms with Gasteiger partial charge in [0.2, 0.25) is 0 Å². The average Bonchev–Trinajstić information content (AvgIpc) is 2.14. The van der Waals surface area contributed by atoms with Crippen molar-refractivity contribution in [3.63, 3.8) is 0 Å². The molecule has 0 spiro atoms. The third-order valence-electron chi connectivity index (χ3n) is 2.76. The molecule has 0 aromatic rings. The van der Waals surface area contributed by atoms with E-state index < -0.39 is 0 Å². The fourth-order valence-electron chi connectivity index (χ4n) is 1.42. The van der Waals surface area contributed by atoms with E-state index in [1.54, 1.807) is 0 Å². The Morgan fingerprint density at radius 1 is 1.00 bits per heavy atom. The van der Waals surface area contributed by atoms with Crippen LogP contribution in [0.2, 0.25) is 0 Å². The van der Waals surface area contributed by atoms with Crippen molar-refractivity contribution in [3.05, 3.63) is 12.2 Å². The quantitative estimate of drug-likeness (QED) is 0.330. The van der Waals surface area contributed by atoms with Gasteiger partial charge in [-0.25, -0.2) is 0 Å². The second-order valence-electron chi connectivity index (χ2n) is 3.10. The zero-order valence-electron chi connectivity index (χ0n) is 8.89. The molecule has 3 heteroatoms. The van der Waals surface area contributed by atoms with Gasteiger partial charge in [-0.2, -0.15) is 0 Å². The van der Waals surface area contributed by atoms with Crippen molar-refractivity contribution in [2.75, 3.05) is 32.1 Å². The molecule has 0 atom stereocenters. The Kier molecular flexibility index (Phi) is 10.7. The number of nitrogens with zero attached hydrogens (tertiary/aromatic N) is 1. The fraction of sp³-hybridized carbons (Fsp3) is 0.800. The molecule has 0 fully saturated rings. The predicted octanol–water partition coefficient (Wildman–Crippen LogP) is -0.338. The predicted molar refractivity (Wildman–Crippen MR) is 56.6 cm³/mol. The molecular formula is C10H21Cl2N. The lowest BCUT2D eigenvalue weighted by atomic mass is 10.3. The molecule has 0 aromatic carbocycles. The van der Waals surface area contributed by atoms with Gasteiger partial charge in [-0.1, -0.05) is 6.08 Å². The van der Waals surface area contributed by atoms with Crippen molar-refractivity contribution in [2.45, 2.75) is 20.8 Å². The number of likely N-dealkylation sites (N-methyl/N-ethyl adjacent to an activating group) is 1. The third kappa shape index (κ3) is 5.56. The Labute approximate surface area is 93.8 Å². The SMILES string of the molecule is CC[N+](CC)(CC)CC=CCCl.[Cl-]. The summed E-state index contributed by atoms with van der Waals surface area (Å²) in [6, 6.07) is 0. The van der Waals surface area contributed by atoms with Crippen LogP contribution in [-0.4, -0.2) is 36.5 Å². The molecular weight excluding hydrogens is 205 g/mol. The second kappa shape index (κ2) is 8.86. The smallest absolute Gasteiger partial charge is 0.0973 e. The van der Waals surface area contributed by atoms with Gasteiger partial charge in [-0.3, -0.25) is 0 Å². The van der Waals surface area contributed by atoms with Crippen LogP contribution in [0.25, 0.3) is 0 Å². The summed E-state index contributed by atoms with van der Waals surface area (Å²) in [6.07, 6.45) is 4.24. The van der Waals surface area contributed by atoms with Crippen LogP contribution in [0.3, 0.4) is 0 Å². The molecule has 0 saturated carbocycles. The van der Waals surface area contributed by atoms with Crippen LogP contribution in [0.1, 0.15) is 20.8 Å². The summed E-state index contributed by atoms with van der Waals surface area (Å²) in [5.74, 6) is 0.636. The zero-order chi connectivity index (χ0) is 9.45. The van der Waals surface area contributed by atoms with E-state index in [0.29, 0.717) is 5.88 Å². The van der Waals surface area contributed by atoms with Gasteiger partial charge in [0.25, 0.3) is 0 Å². The van der Waals surface area contributed by atoms with E-state index in [9.17, 15) is 0 Å². The van der Waals surface area contributed by atoms with Crippen LogP contribution in [0.15, 0.2) is 12.2 Å². The molecule has 0 heterocycles. The lowest BCUT2D eigenvalue weighted by Crippen LogP contribution is -3.00. The number of hydrogen-bond donors (Lipinski definition) is 0. The van der Waals surface area contributed by atoms with Crippen molar-refractivity contribution in [3.8, 4) is 0 Å². The summed E-state index contributed by atoms with van der Waals surface area (Å²) in [5, 5.41) is 0. The van der Waals surface area contributed by atoms with Gasteiger partial charge in [-0.05, 0) is 26.8 Å². The molecule has 80 valence electrons. The van der Waals surface area contributed by atoms with Crippen molar-refractivity contribution in [1.29, 1.82) is 0 Å². The van der Waals surface area contributed by atoms with Crippen molar-refractivity contribution in [1.82, 2.24) is 0 Å². The van der Waals surface area contributed by atoms with Crippen LogP contribution in [0.5, 0.6) is 0 Å². The van der Waals surface area contributed by atoms with Crippen LogP contribution in [-0.2, 0) is 0 Å². The molecule has 0 N–H and O–H groups in total. The molecule has 0 aliphatic heterocycles. The van der Waals surface area contributed by atoms with E-state index >= 15 is 0 Å². The normalized spacial score (nSPS) is 11.7. The van der Waals surface area contributed by atoms with Crippen molar-refractivity contribution < 1.29 is 16.9 Å². The van der Waals surface area contributed by atoms with Gasteiger partial charge in [0, 0.05) is 5.88 Å². The Morgan fingerprint density at radius 2 is 1.46 bits per heavy atom. The standard InChI is InChI=1S/C10H21ClN.ClH/c1-4-12(5-2,6-3)10-8-7-9-11;/h7-8H,4-6,9-10H2,1-3H3;1H/q+1;/p-1. The highest BCUT2D eigenvalue weighted by Gasteiger charge is 2.17. The van der Waals surface area contributed by atoms with E-state index in [2.05, 4.69) is 26.8 Å². The molecule has 1 nitrogen and oxygen atoms in total. The largest absolute Gasteiger partial charge is 1.00 e. The van der Waals surface area contributed by atoms with E-state index in [0.717, 1.165) is 6.54 Å². The van der Waals surface area contributed by atoms with E-state index in [1.165, 1.54) is 24.1 Å². The Morgan fingerprint density at radius 3 is 1.77 bits per heavy atom. The molecule has 0 unspecified atom stereocenters. The Balaban J connectivity index is 0. The summed E-state index contributed by atoms with van der Waals surface area (Å²) in [5.41, 5.74) is 0. The molecule has 0 aromatic heterocycles. The highest BCUT2D eigenvalue weighted by Crippen LogP contribution is 2.05. The summed E-state index contributed by atoms with van der Waals surface area (Å²) < 4.78 is 1.17. The Bertz CT molecular complexity index is 123. The lowest BCUT2D eigenvalue weighted by Gasteiger charge is -2.34. The first-order chi connectivity index (χ1) is 5.74. The molecule has 13 heavy (non-hydrogen) atoms. The molecule has 0 rings (SSSR count). The minimum absolute atomic E-state index is 0. The monoisotopic (exact) mass is 225 g/mol. The molecule has 0 saturated heterocycles. The number of alkyl halides is 1. The van der Waals surface area contributed by atoms with Crippen molar-refractivity contribution in [2.24, 2.45) is 0 Å². The number of rotatable bonds is 6. The fourth-order valence-corrected chi connectivity index (χ4v) is 1.55. The van der Waals surface area contributed by atoms with Gasteiger partial charge >= 0.3 is 0 Å². The van der Waals surface area contributed by atoms with Gasteiger partial charge in [0.1, 0.15) is 0 Å². The first kappa shape index (κ1) is 15.7. The van der Waals surface area contributed by atoms with E-state index in [1.807, 2.05) is 6.08 Å². The summed E-state index contributed by atoms with van der Waals surface area (Å²) in [7, 11) is 0. The zero-order valence-corrected chi connectivity index (χ0v) is 10.4. The minimum Gasteiger partial charge on any atom is -1.00 e. The first-order valence-corrected chi connectivity index (χ1v) is 5.34. The molecule has 0 aliphatic rings. The molecule has 0 amide bonds. The molecule has 0 bridgehead atoms. The van der Waals surface area contributed by atoms with Crippen molar-refractivity contribution >= 4 is 11.6 Å². The molecule has 0 aliphatic carbocycles. The van der Waals surface area contributed by atoms with E-state index in [4.69, 9.17) is 11.6 Å². The number of allylic oxidation sites excluding steroid dienone is 1. The van der Waals surface area contributed by atoms with Crippen LogP contribution in [0.4, 0.5) is 0 Å². The minimum atomic E-state index is 0. The summed E-state index contributed by atoms with van der Waals surface area (Å²) >= 11 is 5.57. The topological polar surface area (TPSA) is 0 Å². The Hall–Kier alpha value is 0.280. The maximum Gasteiger partial charge on any atom is 0.0973 e. The third-order valence-corrected chi connectivity index (χ3v) is 2.94. The second-order valence-corrected chi connectivity index (χ2v) is 3.41. The van der Waals surface area contributed by atoms with Gasteiger partial charge in [0.15, 0.2) is 0 Å². The summed E-state index contributed by atoms with van der Waals surface area (Å²) in [6.45, 7) is 11.5. The average molecular weight is 226 g/mol. The molecule has 0 radical (unpaired) electrons. The van der Waals surface area contributed by atoms with Crippen LogP contribution in [0, 0.1) is 0 Å². The van der Waals surface area contributed by atoms with E-state index in [-0.39, 0.29) is 12.4 Å². The highest BCUT2D eigenvalue weighted by atomic mass is 35.5. The van der Waals surface area contributed by atoms with Crippen LogP contribution >= 0.6 is 11.6 Å². The first-order valence-electron chi connectivity index (χ1n) is 4.80. The highest BCUT2D eigenvalue weighted by molar-refractivity contribution is 6.18.